The third-order valence-corrected chi connectivity index (χ3v) is 4.44. The van der Waals surface area contributed by atoms with E-state index in [1.54, 1.807) is 11.8 Å². The Morgan fingerprint density at radius 2 is 1.78 bits per heavy atom. The van der Waals surface area contributed by atoms with Crippen molar-refractivity contribution < 1.29 is 19.1 Å². The van der Waals surface area contributed by atoms with Gasteiger partial charge in [0.05, 0.1) is 13.2 Å². The first kappa shape index (κ1) is 21.0. The minimum absolute atomic E-state index is 0.0838. The Balaban J connectivity index is 1.69. The number of nitrogens with one attached hydrogen (secondary N) is 1. The summed E-state index contributed by atoms with van der Waals surface area (Å²) >= 11 is 0. The van der Waals surface area contributed by atoms with E-state index >= 15 is 0 Å². The fraction of sp³-hybridized carbons (Fsp3) is 0.600. The van der Waals surface area contributed by atoms with Crippen LogP contribution in [0.3, 0.4) is 0 Å². The second kappa shape index (κ2) is 11.4. The number of benzene rings is 1. The van der Waals surface area contributed by atoms with Gasteiger partial charge in [0, 0.05) is 32.7 Å². The number of carbonyl (C=O) groups is 2. The molecule has 1 fully saturated rings. The summed E-state index contributed by atoms with van der Waals surface area (Å²) in [6.07, 6.45) is 2.20. The molecule has 0 bridgehead atoms. The monoisotopic (exact) mass is 377 g/mol. The molecule has 0 aliphatic carbocycles. The number of nitrogens with zero attached hydrogens (tertiary/aromatic N) is 2. The van der Waals surface area contributed by atoms with Gasteiger partial charge < -0.3 is 19.7 Å². The highest BCUT2D eigenvalue weighted by Gasteiger charge is 2.21. The summed E-state index contributed by atoms with van der Waals surface area (Å²) in [6, 6.07) is 8.02. The molecule has 0 aromatic heterocycles. The number of rotatable bonds is 9. The van der Waals surface area contributed by atoms with Crippen molar-refractivity contribution in [3.63, 3.8) is 0 Å². The number of amides is 2. The summed E-state index contributed by atoms with van der Waals surface area (Å²) in [4.78, 5) is 27.5. The maximum Gasteiger partial charge on any atom is 0.325 e. The molecule has 27 heavy (non-hydrogen) atoms. The van der Waals surface area contributed by atoms with Crippen LogP contribution in [-0.4, -0.2) is 67.7 Å². The summed E-state index contributed by atoms with van der Waals surface area (Å²) in [5, 5.41) is 2.61. The predicted molar refractivity (Wildman–Crippen MR) is 104 cm³/mol. The molecule has 7 nitrogen and oxygen atoms in total. The SMILES string of the molecule is CCCCOc1ccc(CN2CCN(C(=O)NCC(=O)OCC)CC2)cc1. The number of carbonyl (C=O) groups excluding carboxylic acids is 2. The quantitative estimate of drug-likeness (QED) is 0.528. The zero-order valence-corrected chi connectivity index (χ0v) is 16.4. The molecule has 1 N–H and O–H groups in total. The lowest BCUT2D eigenvalue weighted by Crippen LogP contribution is -2.52. The van der Waals surface area contributed by atoms with Crippen LogP contribution in [0, 0.1) is 0 Å². The zero-order chi connectivity index (χ0) is 19.5. The lowest BCUT2D eigenvalue weighted by molar-refractivity contribution is -0.141. The van der Waals surface area contributed by atoms with Crippen LogP contribution in [-0.2, 0) is 16.1 Å². The first-order valence-electron chi connectivity index (χ1n) is 9.74. The van der Waals surface area contributed by atoms with Crippen LogP contribution in [0.15, 0.2) is 24.3 Å². The van der Waals surface area contributed by atoms with Crippen LogP contribution in [0.2, 0.25) is 0 Å². The maximum atomic E-state index is 12.1. The van der Waals surface area contributed by atoms with Gasteiger partial charge in [-0.05, 0) is 31.0 Å². The average Bonchev–Trinajstić information content (AvgIpc) is 2.68. The molecule has 0 atom stereocenters. The molecular formula is C20H31N3O4. The smallest absolute Gasteiger partial charge is 0.325 e. The molecule has 7 heteroatoms. The highest BCUT2D eigenvalue weighted by atomic mass is 16.5. The fourth-order valence-electron chi connectivity index (χ4n) is 2.86. The van der Waals surface area contributed by atoms with Crippen molar-refractivity contribution in [1.82, 2.24) is 15.1 Å². The molecule has 1 aromatic rings. The summed E-state index contributed by atoms with van der Waals surface area (Å²) < 4.78 is 10.5. The second-order valence-corrected chi connectivity index (χ2v) is 6.57. The standard InChI is InChI=1S/C20H31N3O4/c1-3-5-14-27-18-8-6-17(7-9-18)16-22-10-12-23(13-11-22)20(25)21-15-19(24)26-4-2/h6-9H,3-5,10-16H2,1-2H3,(H,21,25). The van der Waals surface area contributed by atoms with E-state index in [1.165, 1.54) is 5.56 Å². The Kier molecular flexibility index (Phi) is 8.91. The van der Waals surface area contributed by atoms with Crippen molar-refractivity contribution in [1.29, 1.82) is 0 Å². The first-order valence-corrected chi connectivity index (χ1v) is 9.74. The minimum atomic E-state index is -0.411. The molecule has 1 heterocycles. The van der Waals surface area contributed by atoms with E-state index in [1.807, 2.05) is 12.1 Å². The molecule has 1 aliphatic heterocycles. The van der Waals surface area contributed by atoms with Crippen LogP contribution in [0.5, 0.6) is 5.75 Å². The van der Waals surface area contributed by atoms with Gasteiger partial charge in [-0.3, -0.25) is 9.69 Å². The molecule has 2 rings (SSSR count). The third kappa shape index (κ3) is 7.46. The van der Waals surface area contributed by atoms with Gasteiger partial charge in [0.2, 0.25) is 0 Å². The van der Waals surface area contributed by atoms with E-state index in [2.05, 4.69) is 29.3 Å². The van der Waals surface area contributed by atoms with Crippen molar-refractivity contribution in [2.75, 3.05) is 45.9 Å². The fourth-order valence-corrected chi connectivity index (χ4v) is 2.86. The molecule has 0 saturated carbocycles. The molecule has 0 unspecified atom stereocenters. The second-order valence-electron chi connectivity index (χ2n) is 6.57. The number of hydrogen-bond donors (Lipinski definition) is 1. The topological polar surface area (TPSA) is 71.1 Å². The molecule has 1 saturated heterocycles. The van der Waals surface area contributed by atoms with Gasteiger partial charge in [-0.25, -0.2) is 4.79 Å². The highest BCUT2D eigenvalue weighted by Crippen LogP contribution is 2.15. The lowest BCUT2D eigenvalue weighted by atomic mass is 10.2. The third-order valence-electron chi connectivity index (χ3n) is 4.44. The largest absolute Gasteiger partial charge is 0.494 e. The summed E-state index contributed by atoms with van der Waals surface area (Å²) in [5.41, 5.74) is 1.23. The van der Waals surface area contributed by atoms with Gasteiger partial charge in [0.1, 0.15) is 12.3 Å². The van der Waals surface area contributed by atoms with Crippen LogP contribution in [0.25, 0.3) is 0 Å². The van der Waals surface area contributed by atoms with Gasteiger partial charge in [-0.15, -0.1) is 0 Å². The van der Waals surface area contributed by atoms with Crippen molar-refractivity contribution in [2.45, 2.75) is 33.2 Å². The van der Waals surface area contributed by atoms with Crippen LogP contribution >= 0.6 is 0 Å². The van der Waals surface area contributed by atoms with Crippen molar-refractivity contribution in [3.8, 4) is 5.75 Å². The molecule has 2 amide bonds. The molecule has 1 aromatic carbocycles. The molecule has 150 valence electrons. The molecule has 0 spiro atoms. The Morgan fingerprint density at radius 1 is 1.07 bits per heavy atom. The number of urea groups is 1. The number of hydrogen-bond acceptors (Lipinski definition) is 5. The van der Waals surface area contributed by atoms with Gasteiger partial charge in [0.15, 0.2) is 0 Å². The predicted octanol–water partition coefficient (Wildman–Crippen LogP) is 2.26. The summed E-state index contributed by atoms with van der Waals surface area (Å²) in [7, 11) is 0. The number of ether oxygens (including phenoxy) is 2. The number of esters is 1. The minimum Gasteiger partial charge on any atom is -0.494 e. The van der Waals surface area contributed by atoms with E-state index in [4.69, 9.17) is 9.47 Å². The van der Waals surface area contributed by atoms with E-state index < -0.39 is 5.97 Å². The normalized spacial score (nSPS) is 14.7. The van der Waals surface area contributed by atoms with E-state index in [9.17, 15) is 9.59 Å². The maximum absolute atomic E-state index is 12.1. The molecular weight excluding hydrogens is 346 g/mol. The van der Waals surface area contributed by atoms with E-state index in [0.717, 1.165) is 44.8 Å². The van der Waals surface area contributed by atoms with Gasteiger partial charge >= 0.3 is 12.0 Å². The lowest BCUT2D eigenvalue weighted by Gasteiger charge is -2.34. The van der Waals surface area contributed by atoms with E-state index in [0.29, 0.717) is 19.7 Å². The Morgan fingerprint density at radius 3 is 2.41 bits per heavy atom. The van der Waals surface area contributed by atoms with E-state index in [-0.39, 0.29) is 12.6 Å². The van der Waals surface area contributed by atoms with Gasteiger partial charge in [-0.1, -0.05) is 25.5 Å². The Bertz CT molecular complexity index is 583. The Hall–Kier alpha value is -2.28. The first-order chi connectivity index (χ1) is 13.1. The van der Waals surface area contributed by atoms with Crippen LogP contribution in [0.4, 0.5) is 4.79 Å². The number of piperazine rings is 1. The molecule has 1 aliphatic rings. The zero-order valence-electron chi connectivity index (χ0n) is 16.4. The van der Waals surface area contributed by atoms with Gasteiger partial charge in [0.25, 0.3) is 0 Å². The summed E-state index contributed by atoms with van der Waals surface area (Å²) in [6.45, 7) is 8.65. The van der Waals surface area contributed by atoms with Crippen molar-refractivity contribution in [3.05, 3.63) is 29.8 Å². The molecule has 0 radical (unpaired) electrons. The van der Waals surface area contributed by atoms with Crippen LogP contribution in [0.1, 0.15) is 32.3 Å². The highest BCUT2D eigenvalue weighted by molar-refractivity contribution is 5.80. The Labute approximate surface area is 161 Å². The van der Waals surface area contributed by atoms with Crippen LogP contribution < -0.4 is 10.1 Å². The van der Waals surface area contributed by atoms with Gasteiger partial charge in [-0.2, -0.15) is 0 Å². The number of unbranched alkanes of at least 4 members (excludes halogenated alkanes) is 1. The van der Waals surface area contributed by atoms with Crippen molar-refractivity contribution in [2.24, 2.45) is 0 Å². The van der Waals surface area contributed by atoms with Crippen molar-refractivity contribution >= 4 is 12.0 Å². The average molecular weight is 377 g/mol. The summed E-state index contributed by atoms with van der Waals surface area (Å²) in [5.74, 6) is 0.502.